The molecule has 0 spiro atoms. The lowest BCUT2D eigenvalue weighted by Gasteiger charge is -2.24. The fourth-order valence-corrected chi connectivity index (χ4v) is 2.71. The Kier molecular flexibility index (Phi) is 4.37. The number of aryl methyl sites for hydroxylation is 1. The normalized spacial score (nSPS) is 19.2. The van der Waals surface area contributed by atoms with E-state index in [1.807, 2.05) is 24.1 Å². The lowest BCUT2D eigenvalue weighted by atomic mass is 10.1. The molecule has 0 aliphatic carbocycles. The lowest BCUT2D eigenvalue weighted by Crippen LogP contribution is -2.41. The zero-order valence-electron chi connectivity index (χ0n) is 11.3. The molecule has 1 N–H and O–H groups in total. The van der Waals surface area contributed by atoms with Crippen molar-refractivity contribution in [1.29, 1.82) is 0 Å². The molecule has 1 heterocycles. The van der Waals surface area contributed by atoms with Crippen LogP contribution >= 0.6 is 0 Å². The molecule has 0 aromatic heterocycles. The fourth-order valence-electron chi connectivity index (χ4n) is 2.71. The number of carbonyl (C=O) groups excluding carboxylic acids is 1. The third-order valence-electron chi connectivity index (χ3n) is 3.58. The second-order valence-corrected chi connectivity index (χ2v) is 5.11. The van der Waals surface area contributed by atoms with Gasteiger partial charge in [0.2, 0.25) is 5.91 Å². The summed E-state index contributed by atoms with van der Waals surface area (Å²) in [5.41, 5.74) is 2.34. The van der Waals surface area contributed by atoms with Gasteiger partial charge in [0, 0.05) is 19.1 Å². The van der Waals surface area contributed by atoms with Crippen LogP contribution < -0.4 is 5.32 Å². The summed E-state index contributed by atoms with van der Waals surface area (Å²) in [6.45, 7) is 3.88. The summed E-state index contributed by atoms with van der Waals surface area (Å²) in [4.78, 5) is 14.3. The predicted molar refractivity (Wildman–Crippen MR) is 73.5 cm³/mol. The summed E-state index contributed by atoms with van der Waals surface area (Å²) in [5.74, 6) is 0.262. The highest BCUT2D eigenvalue weighted by molar-refractivity contribution is 5.79. The maximum atomic E-state index is 12.3. The monoisotopic (exact) mass is 246 g/mol. The van der Waals surface area contributed by atoms with E-state index in [-0.39, 0.29) is 5.91 Å². The van der Waals surface area contributed by atoms with Crippen LogP contribution in [0.4, 0.5) is 0 Å². The summed E-state index contributed by atoms with van der Waals surface area (Å²) in [6, 6.07) is 8.60. The van der Waals surface area contributed by atoms with E-state index in [1.165, 1.54) is 5.56 Å². The van der Waals surface area contributed by atoms with Crippen molar-refractivity contribution in [2.45, 2.75) is 32.2 Å². The van der Waals surface area contributed by atoms with Gasteiger partial charge in [-0.3, -0.25) is 4.79 Å². The van der Waals surface area contributed by atoms with E-state index < -0.39 is 0 Å². The Morgan fingerprint density at radius 2 is 2.33 bits per heavy atom. The third-order valence-corrected chi connectivity index (χ3v) is 3.58. The predicted octanol–water partition coefficient (Wildman–Crippen LogP) is 1.75. The second kappa shape index (κ2) is 6.01. The SMILES string of the molecule is CNC[C@@H]1CCCN1C(=O)Cc1cccc(C)c1. The van der Waals surface area contributed by atoms with Gasteiger partial charge in [-0.15, -0.1) is 0 Å². The molecular weight excluding hydrogens is 224 g/mol. The van der Waals surface area contributed by atoms with E-state index in [2.05, 4.69) is 24.4 Å². The molecule has 1 aromatic rings. The minimum atomic E-state index is 0.262. The van der Waals surface area contributed by atoms with Crippen LogP contribution in [0.3, 0.4) is 0 Å². The Hall–Kier alpha value is -1.35. The number of hydrogen-bond donors (Lipinski definition) is 1. The molecule has 0 radical (unpaired) electrons. The van der Waals surface area contributed by atoms with Gasteiger partial charge in [-0.2, -0.15) is 0 Å². The first-order valence-corrected chi connectivity index (χ1v) is 6.70. The zero-order chi connectivity index (χ0) is 13.0. The average molecular weight is 246 g/mol. The molecule has 1 aromatic carbocycles. The number of amides is 1. The molecule has 0 saturated carbocycles. The summed E-state index contributed by atoms with van der Waals surface area (Å²) in [6.07, 6.45) is 2.79. The van der Waals surface area contributed by atoms with Crippen LogP contribution in [-0.2, 0) is 11.2 Å². The summed E-state index contributed by atoms with van der Waals surface area (Å²) < 4.78 is 0. The largest absolute Gasteiger partial charge is 0.338 e. The first-order chi connectivity index (χ1) is 8.70. The number of nitrogens with zero attached hydrogens (tertiary/aromatic N) is 1. The summed E-state index contributed by atoms with van der Waals surface area (Å²) >= 11 is 0. The quantitative estimate of drug-likeness (QED) is 0.878. The van der Waals surface area contributed by atoms with E-state index in [0.29, 0.717) is 12.5 Å². The van der Waals surface area contributed by atoms with Gasteiger partial charge in [0.1, 0.15) is 0 Å². The van der Waals surface area contributed by atoms with Crippen LogP contribution in [-0.4, -0.2) is 37.0 Å². The smallest absolute Gasteiger partial charge is 0.227 e. The van der Waals surface area contributed by atoms with Crippen molar-refractivity contribution in [2.75, 3.05) is 20.1 Å². The Bertz CT molecular complexity index is 417. The van der Waals surface area contributed by atoms with Gasteiger partial charge in [0.25, 0.3) is 0 Å². The Morgan fingerprint density at radius 1 is 1.50 bits per heavy atom. The van der Waals surface area contributed by atoms with Crippen LogP contribution in [0, 0.1) is 6.92 Å². The molecular formula is C15H22N2O. The van der Waals surface area contributed by atoms with Gasteiger partial charge in [-0.1, -0.05) is 29.8 Å². The van der Waals surface area contributed by atoms with Crippen LogP contribution in [0.1, 0.15) is 24.0 Å². The first kappa shape index (κ1) is 13.1. The second-order valence-electron chi connectivity index (χ2n) is 5.11. The molecule has 3 heteroatoms. The van der Waals surface area contributed by atoms with E-state index in [4.69, 9.17) is 0 Å². The van der Waals surface area contributed by atoms with E-state index >= 15 is 0 Å². The fraction of sp³-hybridized carbons (Fsp3) is 0.533. The maximum Gasteiger partial charge on any atom is 0.227 e. The van der Waals surface area contributed by atoms with E-state index in [0.717, 1.165) is 31.5 Å². The average Bonchev–Trinajstić information content (AvgIpc) is 2.78. The Morgan fingerprint density at radius 3 is 3.06 bits per heavy atom. The molecule has 18 heavy (non-hydrogen) atoms. The number of carbonyl (C=O) groups is 1. The lowest BCUT2D eigenvalue weighted by molar-refractivity contribution is -0.131. The number of likely N-dealkylation sites (N-methyl/N-ethyl adjacent to an activating group) is 1. The molecule has 3 nitrogen and oxygen atoms in total. The molecule has 1 fully saturated rings. The van der Waals surface area contributed by atoms with Gasteiger partial charge in [0.15, 0.2) is 0 Å². The van der Waals surface area contributed by atoms with Crippen LogP contribution in [0.15, 0.2) is 24.3 Å². The third kappa shape index (κ3) is 3.10. The molecule has 98 valence electrons. The highest BCUT2D eigenvalue weighted by Gasteiger charge is 2.27. The highest BCUT2D eigenvalue weighted by atomic mass is 16.2. The Labute approximate surface area is 109 Å². The van der Waals surface area contributed by atoms with Crippen molar-refractivity contribution < 1.29 is 4.79 Å². The van der Waals surface area contributed by atoms with Gasteiger partial charge >= 0.3 is 0 Å². The van der Waals surface area contributed by atoms with Crippen LogP contribution in [0.2, 0.25) is 0 Å². The van der Waals surface area contributed by atoms with Crippen molar-refractivity contribution in [3.63, 3.8) is 0 Å². The van der Waals surface area contributed by atoms with Crippen molar-refractivity contribution in [3.05, 3.63) is 35.4 Å². The molecule has 0 bridgehead atoms. The number of rotatable bonds is 4. The molecule has 1 amide bonds. The molecule has 1 aliphatic heterocycles. The van der Waals surface area contributed by atoms with Gasteiger partial charge in [-0.25, -0.2) is 0 Å². The van der Waals surface area contributed by atoms with Crippen molar-refractivity contribution in [2.24, 2.45) is 0 Å². The molecule has 1 atom stereocenters. The summed E-state index contributed by atoms with van der Waals surface area (Å²) in [7, 11) is 1.95. The van der Waals surface area contributed by atoms with Gasteiger partial charge < -0.3 is 10.2 Å². The summed E-state index contributed by atoms with van der Waals surface area (Å²) in [5, 5.41) is 3.17. The van der Waals surface area contributed by atoms with Crippen LogP contribution in [0.25, 0.3) is 0 Å². The van der Waals surface area contributed by atoms with Gasteiger partial charge in [-0.05, 0) is 32.4 Å². The first-order valence-electron chi connectivity index (χ1n) is 6.70. The molecule has 1 saturated heterocycles. The maximum absolute atomic E-state index is 12.3. The zero-order valence-corrected chi connectivity index (χ0v) is 11.3. The van der Waals surface area contributed by atoms with Crippen molar-refractivity contribution >= 4 is 5.91 Å². The van der Waals surface area contributed by atoms with Crippen molar-refractivity contribution in [3.8, 4) is 0 Å². The standard InChI is InChI=1S/C15H22N2O/c1-12-5-3-6-13(9-12)10-15(18)17-8-4-7-14(17)11-16-2/h3,5-6,9,14,16H,4,7-8,10-11H2,1-2H3/t14-/m0/s1. The van der Waals surface area contributed by atoms with E-state index in [9.17, 15) is 4.79 Å². The highest BCUT2D eigenvalue weighted by Crippen LogP contribution is 2.18. The molecule has 2 rings (SSSR count). The Balaban J connectivity index is 1.99. The topological polar surface area (TPSA) is 32.3 Å². The van der Waals surface area contributed by atoms with Crippen LogP contribution in [0.5, 0.6) is 0 Å². The number of likely N-dealkylation sites (tertiary alicyclic amines) is 1. The van der Waals surface area contributed by atoms with E-state index in [1.54, 1.807) is 0 Å². The number of hydrogen-bond acceptors (Lipinski definition) is 2. The molecule has 1 aliphatic rings. The van der Waals surface area contributed by atoms with Gasteiger partial charge in [0.05, 0.1) is 6.42 Å². The number of benzene rings is 1. The number of nitrogens with one attached hydrogen (secondary N) is 1. The minimum Gasteiger partial charge on any atom is -0.338 e. The van der Waals surface area contributed by atoms with Crippen molar-refractivity contribution in [1.82, 2.24) is 10.2 Å². The minimum absolute atomic E-state index is 0.262. The molecule has 0 unspecified atom stereocenters.